The number of aromatic nitrogens is 1. The second kappa shape index (κ2) is 11.9. The maximum absolute atomic E-state index is 13.4. The number of carbonyl (C=O) groups excluding carboxylic acids is 3. The van der Waals surface area contributed by atoms with Gasteiger partial charge in [0.2, 0.25) is 0 Å². The van der Waals surface area contributed by atoms with Gasteiger partial charge in [0.1, 0.15) is 23.8 Å². The number of hydrogen-bond donors (Lipinski definition) is 2. The number of H-pyrrole nitrogens is 1. The van der Waals surface area contributed by atoms with Crippen LogP contribution >= 0.6 is 0 Å². The summed E-state index contributed by atoms with van der Waals surface area (Å²) in [6, 6.07) is 6.27. The van der Waals surface area contributed by atoms with Crippen molar-refractivity contribution in [1.29, 1.82) is 0 Å². The van der Waals surface area contributed by atoms with Gasteiger partial charge in [-0.05, 0) is 50.2 Å². The van der Waals surface area contributed by atoms with Gasteiger partial charge in [0, 0.05) is 24.3 Å². The quantitative estimate of drug-likeness (QED) is 0.156. The maximum Gasteiger partial charge on any atom is 0.354 e. The second-order valence-corrected chi connectivity index (χ2v) is 8.81. The molecule has 0 spiro atoms. The van der Waals surface area contributed by atoms with Crippen LogP contribution in [0.4, 0.5) is 0 Å². The molecule has 1 fully saturated rings. The first kappa shape index (κ1) is 27.7. The van der Waals surface area contributed by atoms with Crippen LogP contribution in [0.1, 0.15) is 52.8 Å². The number of nitrogens with one attached hydrogen (secondary N) is 1. The number of methoxy groups -OCH3 is 1. The monoisotopic (exact) mass is 509 g/mol. The molecule has 37 heavy (non-hydrogen) atoms. The summed E-state index contributed by atoms with van der Waals surface area (Å²) in [4.78, 5) is 45.5. The minimum absolute atomic E-state index is 0.0352. The van der Waals surface area contributed by atoms with Gasteiger partial charge in [-0.15, -0.1) is 0 Å². The average molecular weight is 510 g/mol. The lowest BCUT2D eigenvalue weighted by molar-refractivity contribution is -0.140. The Morgan fingerprint density at radius 2 is 1.95 bits per heavy atom. The number of aliphatic hydroxyl groups excluding tert-OH is 1. The highest BCUT2D eigenvalue weighted by Gasteiger charge is 2.46. The van der Waals surface area contributed by atoms with Crippen LogP contribution in [-0.2, 0) is 14.3 Å². The van der Waals surface area contributed by atoms with Gasteiger partial charge in [-0.25, -0.2) is 4.79 Å². The Labute approximate surface area is 217 Å². The average Bonchev–Trinajstić information content (AvgIpc) is 3.34. The maximum atomic E-state index is 13.4. The Morgan fingerprint density at radius 1 is 1.24 bits per heavy atom. The number of Topliss-reactive ketones (excluding diaryl/α,β-unsaturated/α-hetero) is 1. The molecule has 0 bridgehead atoms. The van der Waals surface area contributed by atoms with Gasteiger partial charge in [-0.3, -0.25) is 9.59 Å². The van der Waals surface area contributed by atoms with Crippen LogP contribution in [0.3, 0.4) is 0 Å². The SMILES string of the molecule is C=CCOc1cccc(C2/C(=C(\O)c3c(C)[nH]c(C(=O)OC)c3C)C(=O)C(=O)N2CCN(CC)CC)c1. The van der Waals surface area contributed by atoms with E-state index in [1.165, 1.54) is 12.0 Å². The van der Waals surface area contributed by atoms with E-state index in [-0.39, 0.29) is 17.0 Å². The fourth-order valence-electron chi connectivity index (χ4n) is 4.72. The molecule has 0 radical (unpaired) electrons. The number of rotatable bonds is 11. The number of aryl methyl sites for hydroxylation is 1. The zero-order valence-electron chi connectivity index (χ0n) is 22.1. The Kier molecular flexibility index (Phi) is 8.94. The number of esters is 1. The molecule has 0 saturated carbocycles. The highest BCUT2D eigenvalue weighted by molar-refractivity contribution is 6.46. The minimum Gasteiger partial charge on any atom is -0.507 e. The summed E-state index contributed by atoms with van der Waals surface area (Å²) in [5.41, 5.74) is 1.97. The number of nitrogens with zero attached hydrogens (tertiary/aromatic N) is 2. The van der Waals surface area contributed by atoms with Gasteiger partial charge in [0.05, 0.1) is 18.7 Å². The first-order valence-electron chi connectivity index (χ1n) is 12.3. The first-order valence-corrected chi connectivity index (χ1v) is 12.3. The molecule has 9 heteroatoms. The Bertz CT molecular complexity index is 1220. The number of aromatic amines is 1. The highest BCUT2D eigenvalue weighted by Crippen LogP contribution is 2.41. The molecule has 1 unspecified atom stereocenters. The number of hydrogen-bond acceptors (Lipinski definition) is 7. The fourth-order valence-corrected chi connectivity index (χ4v) is 4.72. The second-order valence-electron chi connectivity index (χ2n) is 8.81. The predicted molar refractivity (Wildman–Crippen MR) is 141 cm³/mol. The van der Waals surface area contributed by atoms with Crippen LogP contribution in [0.5, 0.6) is 5.75 Å². The van der Waals surface area contributed by atoms with Gasteiger partial charge in [0.15, 0.2) is 0 Å². The van der Waals surface area contributed by atoms with Crippen LogP contribution < -0.4 is 4.74 Å². The highest BCUT2D eigenvalue weighted by atomic mass is 16.5. The van der Waals surface area contributed by atoms with Crippen molar-refractivity contribution in [2.45, 2.75) is 33.7 Å². The van der Waals surface area contributed by atoms with Crippen LogP contribution in [-0.4, -0.2) is 77.4 Å². The topological polar surface area (TPSA) is 112 Å². The lowest BCUT2D eigenvalue weighted by Gasteiger charge is -2.28. The smallest absolute Gasteiger partial charge is 0.354 e. The number of benzene rings is 1. The number of amides is 1. The van der Waals surface area contributed by atoms with E-state index in [4.69, 9.17) is 9.47 Å². The Hall–Kier alpha value is -3.85. The fraction of sp³-hybridized carbons (Fsp3) is 0.393. The summed E-state index contributed by atoms with van der Waals surface area (Å²) >= 11 is 0. The lowest BCUT2D eigenvalue weighted by Crippen LogP contribution is -2.38. The summed E-state index contributed by atoms with van der Waals surface area (Å²) in [6.07, 6.45) is 1.62. The molecular weight excluding hydrogens is 474 g/mol. The van der Waals surface area contributed by atoms with E-state index in [1.54, 1.807) is 44.2 Å². The number of ketones is 1. The van der Waals surface area contributed by atoms with Gasteiger partial charge in [0.25, 0.3) is 11.7 Å². The molecule has 3 rings (SSSR count). The van der Waals surface area contributed by atoms with Gasteiger partial charge in [-0.2, -0.15) is 0 Å². The molecule has 2 aromatic rings. The van der Waals surface area contributed by atoms with Crippen molar-refractivity contribution in [3.05, 3.63) is 70.6 Å². The third kappa shape index (κ3) is 5.46. The van der Waals surface area contributed by atoms with Crippen molar-refractivity contribution < 1.29 is 29.0 Å². The van der Waals surface area contributed by atoms with Crippen LogP contribution in [0.15, 0.2) is 42.5 Å². The van der Waals surface area contributed by atoms with Crippen molar-refractivity contribution in [3.63, 3.8) is 0 Å². The van der Waals surface area contributed by atoms with E-state index < -0.39 is 23.7 Å². The molecular formula is C28H35N3O6. The largest absolute Gasteiger partial charge is 0.507 e. The van der Waals surface area contributed by atoms with Gasteiger partial charge in [-0.1, -0.05) is 38.6 Å². The summed E-state index contributed by atoms with van der Waals surface area (Å²) in [6.45, 7) is 13.8. The Balaban J connectivity index is 2.19. The molecule has 1 aliphatic heterocycles. The van der Waals surface area contributed by atoms with Crippen LogP contribution in [0.2, 0.25) is 0 Å². The standard InChI is InChI=1S/C28H35N3O6/c1-7-15-37-20-12-10-11-19(16-20)24-22(26(33)27(34)31(24)14-13-30(8-2)9-3)25(32)21-17(4)23(28(35)36-6)29-18(21)5/h7,10-12,16,24,29,32H,1,8-9,13-15H2,2-6H3/b25-22+. The number of ether oxygens (including phenoxy) is 2. The van der Waals surface area contributed by atoms with Crippen molar-refractivity contribution >= 4 is 23.4 Å². The molecule has 9 nitrogen and oxygen atoms in total. The first-order chi connectivity index (χ1) is 17.7. The summed E-state index contributed by atoms with van der Waals surface area (Å²) in [5.74, 6) is -1.85. The molecule has 0 aliphatic carbocycles. The van der Waals surface area contributed by atoms with Crippen molar-refractivity contribution in [2.24, 2.45) is 0 Å². The number of carbonyl (C=O) groups is 3. The van der Waals surface area contributed by atoms with Crippen LogP contribution in [0.25, 0.3) is 5.76 Å². The zero-order valence-corrected chi connectivity index (χ0v) is 22.1. The van der Waals surface area contributed by atoms with E-state index in [0.29, 0.717) is 47.8 Å². The van der Waals surface area contributed by atoms with E-state index in [0.717, 1.165) is 13.1 Å². The molecule has 1 atom stereocenters. The molecule has 1 aromatic heterocycles. The molecule has 2 N–H and O–H groups in total. The van der Waals surface area contributed by atoms with Crippen molar-refractivity contribution in [3.8, 4) is 5.75 Å². The lowest BCUT2D eigenvalue weighted by atomic mass is 9.94. The summed E-state index contributed by atoms with van der Waals surface area (Å²) in [7, 11) is 1.26. The molecule has 1 aliphatic rings. The molecule has 1 amide bonds. The zero-order chi connectivity index (χ0) is 27.3. The van der Waals surface area contributed by atoms with E-state index >= 15 is 0 Å². The molecule has 2 heterocycles. The number of likely N-dealkylation sites (N-methyl/N-ethyl adjacent to an activating group) is 1. The number of aliphatic hydroxyl groups is 1. The van der Waals surface area contributed by atoms with Gasteiger partial charge >= 0.3 is 5.97 Å². The van der Waals surface area contributed by atoms with E-state index in [2.05, 4.69) is 16.5 Å². The predicted octanol–water partition coefficient (Wildman–Crippen LogP) is 3.75. The molecule has 1 aromatic carbocycles. The summed E-state index contributed by atoms with van der Waals surface area (Å²) < 4.78 is 10.5. The van der Waals surface area contributed by atoms with E-state index in [9.17, 15) is 19.5 Å². The van der Waals surface area contributed by atoms with E-state index in [1.807, 2.05) is 13.8 Å². The normalized spacial score (nSPS) is 16.9. The Morgan fingerprint density at radius 3 is 2.57 bits per heavy atom. The van der Waals surface area contributed by atoms with Gasteiger partial charge < -0.3 is 29.4 Å². The summed E-state index contributed by atoms with van der Waals surface area (Å²) in [5, 5.41) is 11.5. The van der Waals surface area contributed by atoms with Crippen molar-refractivity contribution in [2.75, 3.05) is 39.9 Å². The molecule has 1 saturated heterocycles. The van der Waals surface area contributed by atoms with Crippen molar-refractivity contribution in [1.82, 2.24) is 14.8 Å². The molecule has 198 valence electrons. The third-order valence-electron chi connectivity index (χ3n) is 6.70. The van der Waals surface area contributed by atoms with Crippen LogP contribution in [0, 0.1) is 13.8 Å². The minimum atomic E-state index is -0.835. The number of likely N-dealkylation sites (tertiary alicyclic amines) is 1. The third-order valence-corrected chi connectivity index (χ3v) is 6.70.